The van der Waals surface area contributed by atoms with Gasteiger partial charge < -0.3 is 15.0 Å². The number of nitrogens with one attached hydrogen (secondary N) is 2. The highest BCUT2D eigenvalue weighted by atomic mass is 32.1. The van der Waals surface area contributed by atoms with E-state index >= 15 is 0 Å². The molecule has 0 unspecified atom stereocenters. The number of nitrogens with zero attached hydrogens (tertiary/aromatic N) is 5. The summed E-state index contributed by atoms with van der Waals surface area (Å²) in [6.45, 7) is 4.75. The minimum absolute atomic E-state index is 0.141. The van der Waals surface area contributed by atoms with Crippen LogP contribution in [-0.4, -0.2) is 59.4 Å². The van der Waals surface area contributed by atoms with Gasteiger partial charge in [-0.2, -0.15) is 15.1 Å². The summed E-state index contributed by atoms with van der Waals surface area (Å²) in [4.78, 5) is 28.6. The highest BCUT2D eigenvalue weighted by Crippen LogP contribution is 2.31. The Morgan fingerprint density at radius 2 is 2.09 bits per heavy atom. The van der Waals surface area contributed by atoms with Gasteiger partial charge in [-0.1, -0.05) is 29.8 Å². The van der Waals surface area contributed by atoms with Crippen molar-refractivity contribution in [1.29, 1.82) is 0 Å². The van der Waals surface area contributed by atoms with Gasteiger partial charge in [-0.3, -0.25) is 4.79 Å². The normalized spacial score (nSPS) is 17.0. The molecule has 0 atom stereocenters. The van der Waals surface area contributed by atoms with Crippen LogP contribution in [0.5, 0.6) is 0 Å². The molecule has 1 aliphatic carbocycles. The Kier molecular flexibility index (Phi) is 5.95. The molecule has 5 rings (SSSR count). The summed E-state index contributed by atoms with van der Waals surface area (Å²) in [6.07, 6.45) is 4.95. The van der Waals surface area contributed by atoms with Gasteiger partial charge in [0.1, 0.15) is 4.70 Å². The number of hydrogen-bond donors (Lipinski definition) is 2. The first kappa shape index (κ1) is 20.8. The second-order valence-electron chi connectivity index (χ2n) is 8.03. The van der Waals surface area contributed by atoms with E-state index in [0.29, 0.717) is 29.8 Å². The van der Waals surface area contributed by atoms with Crippen molar-refractivity contribution in [3.05, 3.63) is 40.4 Å². The van der Waals surface area contributed by atoms with Gasteiger partial charge in [0.15, 0.2) is 16.5 Å². The quantitative estimate of drug-likeness (QED) is 0.438. The minimum atomic E-state index is -0.141. The molecule has 1 amide bonds. The highest BCUT2D eigenvalue weighted by Gasteiger charge is 2.25. The topological polar surface area (TPSA) is 105 Å². The van der Waals surface area contributed by atoms with E-state index in [1.54, 1.807) is 6.21 Å². The number of ether oxygens (including phenoxy) is 1. The molecule has 10 heteroatoms. The maximum absolute atomic E-state index is 12.7. The number of hydrogen-bond acceptors (Lipinski definition) is 9. The van der Waals surface area contributed by atoms with Gasteiger partial charge in [-0.05, 0) is 31.7 Å². The molecule has 3 aromatic rings. The average molecular weight is 452 g/mol. The van der Waals surface area contributed by atoms with Crippen LogP contribution in [0.15, 0.2) is 29.4 Å². The van der Waals surface area contributed by atoms with Crippen molar-refractivity contribution >= 4 is 45.6 Å². The summed E-state index contributed by atoms with van der Waals surface area (Å²) >= 11 is 1.34. The fourth-order valence-electron chi connectivity index (χ4n) is 3.66. The van der Waals surface area contributed by atoms with Gasteiger partial charge in [-0.15, -0.1) is 11.3 Å². The first-order valence-corrected chi connectivity index (χ1v) is 11.7. The van der Waals surface area contributed by atoms with E-state index in [9.17, 15) is 4.79 Å². The van der Waals surface area contributed by atoms with Crippen LogP contribution in [0.3, 0.4) is 0 Å². The lowest BCUT2D eigenvalue weighted by Crippen LogP contribution is -2.39. The standard InChI is InChI=1S/C22H25N7O2S/c1-14-4-2-5-15(12-14)13-23-28-22-26-18-17(19(27-22)29-8-10-31-11-9-29)32-21(25-18)20(30)24-16-6-3-7-16/h2,4-5,12-13,16H,3,6-11H2,1H3,(H,24,30)(H,26,27,28)/b23-13+. The first-order chi connectivity index (χ1) is 15.7. The molecule has 32 heavy (non-hydrogen) atoms. The molecule has 3 heterocycles. The lowest BCUT2D eigenvalue weighted by molar-refractivity contribution is 0.0916. The zero-order valence-corrected chi connectivity index (χ0v) is 18.7. The van der Waals surface area contributed by atoms with Gasteiger partial charge >= 0.3 is 0 Å². The first-order valence-electron chi connectivity index (χ1n) is 10.8. The number of morpholine rings is 1. The fourth-order valence-corrected chi connectivity index (χ4v) is 4.59. The van der Waals surface area contributed by atoms with Crippen molar-refractivity contribution in [1.82, 2.24) is 20.3 Å². The van der Waals surface area contributed by atoms with Gasteiger partial charge in [0.25, 0.3) is 5.91 Å². The van der Waals surface area contributed by atoms with Crippen molar-refractivity contribution in [3.8, 4) is 0 Å². The lowest BCUT2D eigenvalue weighted by Gasteiger charge is -2.28. The summed E-state index contributed by atoms with van der Waals surface area (Å²) in [5.74, 6) is 0.962. The van der Waals surface area contributed by atoms with Crippen LogP contribution in [0.2, 0.25) is 0 Å². The number of thiazole rings is 1. The van der Waals surface area contributed by atoms with E-state index in [4.69, 9.17) is 9.72 Å². The molecule has 1 aromatic carbocycles. The van der Waals surface area contributed by atoms with E-state index < -0.39 is 0 Å². The number of carbonyl (C=O) groups is 1. The molecule has 166 valence electrons. The number of rotatable bonds is 6. The molecule has 1 saturated carbocycles. The van der Waals surface area contributed by atoms with Crippen LogP contribution in [0.1, 0.15) is 40.2 Å². The maximum atomic E-state index is 12.7. The number of aryl methyl sites for hydroxylation is 1. The molecule has 0 radical (unpaired) electrons. The van der Waals surface area contributed by atoms with E-state index in [0.717, 1.165) is 54.0 Å². The molecule has 9 nitrogen and oxygen atoms in total. The third kappa shape index (κ3) is 4.56. The average Bonchev–Trinajstić information content (AvgIpc) is 3.21. The van der Waals surface area contributed by atoms with Crippen LogP contribution in [0, 0.1) is 6.92 Å². The summed E-state index contributed by atoms with van der Waals surface area (Å²) in [6, 6.07) is 8.31. The Balaban J connectivity index is 1.43. The third-order valence-electron chi connectivity index (χ3n) is 5.60. The van der Waals surface area contributed by atoms with E-state index in [1.807, 2.05) is 31.2 Å². The second kappa shape index (κ2) is 9.17. The van der Waals surface area contributed by atoms with E-state index in [2.05, 4.69) is 30.7 Å². The zero-order chi connectivity index (χ0) is 21.9. The predicted octanol–water partition coefficient (Wildman–Crippen LogP) is 2.96. The number of benzene rings is 1. The Bertz CT molecular complexity index is 1150. The minimum Gasteiger partial charge on any atom is -0.378 e. The van der Waals surface area contributed by atoms with Crippen molar-refractivity contribution < 1.29 is 9.53 Å². The van der Waals surface area contributed by atoms with E-state index in [1.165, 1.54) is 11.3 Å². The number of hydrazone groups is 1. The van der Waals surface area contributed by atoms with Crippen LogP contribution in [0.25, 0.3) is 10.3 Å². The lowest BCUT2D eigenvalue weighted by atomic mass is 9.93. The molecular weight excluding hydrogens is 426 g/mol. The number of aromatic nitrogens is 3. The smallest absolute Gasteiger partial charge is 0.280 e. The molecule has 2 fully saturated rings. The largest absolute Gasteiger partial charge is 0.378 e. The Hall–Kier alpha value is -3.11. The van der Waals surface area contributed by atoms with Crippen molar-refractivity contribution in [2.45, 2.75) is 32.2 Å². The number of fused-ring (bicyclic) bond motifs is 1. The fraction of sp³-hybridized carbons (Fsp3) is 0.409. The van der Waals surface area contributed by atoms with Crippen LogP contribution < -0.4 is 15.6 Å². The Morgan fingerprint density at radius 1 is 1.25 bits per heavy atom. The number of amides is 1. The molecule has 1 aliphatic heterocycles. The van der Waals surface area contributed by atoms with Gasteiger partial charge in [0, 0.05) is 19.1 Å². The van der Waals surface area contributed by atoms with Gasteiger partial charge in [0.05, 0.1) is 19.4 Å². The third-order valence-corrected chi connectivity index (χ3v) is 6.64. The monoisotopic (exact) mass is 451 g/mol. The summed E-state index contributed by atoms with van der Waals surface area (Å²) in [7, 11) is 0. The number of anilines is 2. The summed E-state index contributed by atoms with van der Waals surface area (Å²) in [5.41, 5.74) is 5.57. The molecular formula is C22H25N7O2S. The van der Waals surface area contributed by atoms with Crippen LogP contribution in [0.4, 0.5) is 11.8 Å². The highest BCUT2D eigenvalue weighted by molar-refractivity contribution is 7.20. The predicted molar refractivity (Wildman–Crippen MR) is 126 cm³/mol. The zero-order valence-electron chi connectivity index (χ0n) is 17.9. The molecule has 0 bridgehead atoms. The Morgan fingerprint density at radius 3 is 2.84 bits per heavy atom. The van der Waals surface area contributed by atoms with Crippen molar-refractivity contribution in [3.63, 3.8) is 0 Å². The molecule has 2 aliphatic rings. The maximum Gasteiger partial charge on any atom is 0.280 e. The van der Waals surface area contributed by atoms with Gasteiger partial charge in [0.2, 0.25) is 5.95 Å². The number of carbonyl (C=O) groups excluding carboxylic acids is 1. The second-order valence-corrected chi connectivity index (χ2v) is 9.03. The Labute approximate surface area is 189 Å². The SMILES string of the molecule is Cc1cccc(/C=N/Nc2nc(N3CCOCC3)c3sc(C(=O)NC4CCC4)nc3n2)c1. The molecule has 0 spiro atoms. The van der Waals surface area contributed by atoms with Crippen LogP contribution in [-0.2, 0) is 4.74 Å². The van der Waals surface area contributed by atoms with Crippen molar-refractivity contribution in [2.75, 3.05) is 36.6 Å². The molecule has 2 N–H and O–H groups in total. The van der Waals surface area contributed by atoms with Gasteiger partial charge in [-0.25, -0.2) is 10.4 Å². The summed E-state index contributed by atoms with van der Waals surface area (Å²) < 4.78 is 6.30. The van der Waals surface area contributed by atoms with Crippen molar-refractivity contribution in [2.24, 2.45) is 5.10 Å². The molecule has 1 saturated heterocycles. The summed E-state index contributed by atoms with van der Waals surface area (Å²) in [5, 5.41) is 7.76. The van der Waals surface area contributed by atoms with Crippen LogP contribution >= 0.6 is 11.3 Å². The molecule has 2 aromatic heterocycles. The van der Waals surface area contributed by atoms with E-state index in [-0.39, 0.29) is 11.9 Å².